The number of fused-ring (bicyclic) bond motifs is 1. The Kier molecular flexibility index (Phi) is 6.34. The third-order valence-electron chi connectivity index (χ3n) is 4.15. The number of hydrogen-bond donors (Lipinski definition) is 2. The van der Waals surface area contributed by atoms with Gasteiger partial charge in [-0.25, -0.2) is 4.79 Å². The number of nitrogens with zero attached hydrogens (tertiary/aromatic N) is 1. The van der Waals surface area contributed by atoms with Gasteiger partial charge >= 0.3 is 6.09 Å². The standard InChI is InChI=1S/C19H29N3O4/c1-5-6-9-25-18(24)22-12-15(11-19(3,4)21-13(2)23)26-17-8-7-14(20)10-16(17)22/h7-8,10,15H,5-6,9,11-12,20H2,1-4H3,(H,21,23)/t15-/m0/s1. The predicted molar refractivity (Wildman–Crippen MR) is 101 cm³/mol. The van der Waals surface area contributed by atoms with E-state index in [0.29, 0.717) is 36.7 Å². The monoisotopic (exact) mass is 363 g/mol. The van der Waals surface area contributed by atoms with Crippen molar-refractivity contribution < 1.29 is 19.1 Å². The van der Waals surface area contributed by atoms with Gasteiger partial charge in [0.15, 0.2) is 0 Å². The van der Waals surface area contributed by atoms with Crippen LogP contribution in [-0.2, 0) is 9.53 Å². The first kappa shape index (κ1) is 19.9. The van der Waals surface area contributed by atoms with Gasteiger partial charge in [0.05, 0.1) is 18.8 Å². The van der Waals surface area contributed by atoms with Gasteiger partial charge in [-0.1, -0.05) is 13.3 Å². The Balaban J connectivity index is 2.19. The molecule has 7 heteroatoms. The highest BCUT2D eigenvalue weighted by atomic mass is 16.6. The van der Waals surface area contributed by atoms with Crippen LogP contribution in [0.25, 0.3) is 0 Å². The number of unbranched alkanes of at least 4 members (excludes halogenated alkanes) is 1. The van der Waals surface area contributed by atoms with E-state index in [1.54, 1.807) is 23.1 Å². The summed E-state index contributed by atoms with van der Waals surface area (Å²) in [4.78, 5) is 25.5. The van der Waals surface area contributed by atoms with Crippen molar-refractivity contribution in [2.45, 2.75) is 58.6 Å². The van der Waals surface area contributed by atoms with E-state index in [2.05, 4.69) is 5.32 Å². The minimum Gasteiger partial charge on any atom is -0.486 e. The first-order chi connectivity index (χ1) is 12.2. The number of benzene rings is 1. The van der Waals surface area contributed by atoms with E-state index < -0.39 is 11.6 Å². The number of rotatable bonds is 6. The van der Waals surface area contributed by atoms with Crippen molar-refractivity contribution in [2.24, 2.45) is 0 Å². The van der Waals surface area contributed by atoms with Crippen molar-refractivity contribution in [1.82, 2.24) is 5.32 Å². The first-order valence-electron chi connectivity index (χ1n) is 9.01. The highest BCUT2D eigenvalue weighted by molar-refractivity contribution is 5.91. The molecule has 3 N–H and O–H groups in total. The minimum absolute atomic E-state index is 0.102. The van der Waals surface area contributed by atoms with Gasteiger partial charge in [-0.15, -0.1) is 0 Å². The van der Waals surface area contributed by atoms with E-state index in [4.69, 9.17) is 15.2 Å². The van der Waals surface area contributed by atoms with Crippen LogP contribution in [0.5, 0.6) is 5.75 Å². The molecule has 2 amide bonds. The molecule has 1 atom stereocenters. The van der Waals surface area contributed by atoms with Crippen molar-refractivity contribution in [3.05, 3.63) is 18.2 Å². The smallest absolute Gasteiger partial charge is 0.414 e. The van der Waals surface area contributed by atoms with Gasteiger partial charge in [-0.05, 0) is 38.5 Å². The fourth-order valence-electron chi connectivity index (χ4n) is 3.12. The average molecular weight is 363 g/mol. The maximum atomic E-state index is 12.6. The van der Waals surface area contributed by atoms with Crippen LogP contribution in [0, 0.1) is 0 Å². The van der Waals surface area contributed by atoms with E-state index in [-0.39, 0.29) is 12.0 Å². The van der Waals surface area contributed by atoms with Gasteiger partial charge in [0.25, 0.3) is 0 Å². The summed E-state index contributed by atoms with van der Waals surface area (Å²) < 4.78 is 11.4. The molecule has 0 saturated carbocycles. The quantitative estimate of drug-likeness (QED) is 0.598. The van der Waals surface area contributed by atoms with Crippen LogP contribution in [0.4, 0.5) is 16.2 Å². The third-order valence-corrected chi connectivity index (χ3v) is 4.15. The lowest BCUT2D eigenvalue weighted by atomic mass is 9.95. The molecule has 7 nitrogen and oxygen atoms in total. The van der Waals surface area contributed by atoms with Crippen molar-refractivity contribution in [3.63, 3.8) is 0 Å². The normalized spacial score (nSPS) is 16.5. The van der Waals surface area contributed by atoms with Crippen LogP contribution in [0.3, 0.4) is 0 Å². The van der Waals surface area contributed by atoms with Crippen LogP contribution >= 0.6 is 0 Å². The van der Waals surface area contributed by atoms with E-state index in [1.807, 2.05) is 20.8 Å². The van der Waals surface area contributed by atoms with Crippen LogP contribution in [-0.4, -0.2) is 36.8 Å². The molecule has 26 heavy (non-hydrogen) atoms. The molecule has 1 aliphatic rings. The molecule has 0 unspecified atom stereocenters. The Labute approximate surface area is 154 Å². The Morgan fingerprint density at radius 1 is 1.42 bits per heavy atom. The number of hydrogen-bond acceptors (Lipinski definition) is 5. The van der Waals surface area contributed by atoms with Crippen LogP contribution in [0.2, 0.25) is 0 Å². The molecule has 0 radical (unpaired) electrons. The number of ether oxygens (including phenoxy) is 2. The van der Waals surface area contributed by atoms with Crippen molar-refractivity contribution in [1.29, 1.82) is 0 Å². The molecule has 1 aliphatic heterocycles. The number of anilines is 2. The van der Waals surface area contributed by atoms with Crippen molar-refractivity contribution in [2.75, 3.05) is 23.8 Å². The summed E-state index contributed by atoms with van der Waals surface area (Å²) in [5.74, 6) is 0.483. The molecule has 2 rings (SSSR count). The van der Waals surface area contributed by atoms with Crippen LogP contribution < -0.4 is 20.7 Å². The van der Waals surface area contributed by atoms with Crippen LogP contribution in [0.15, 0.2) is 18.2 Å². The lowest BCUT2D eigenvalue weighted by molar-refractivity contribution is -0.120. The summed E-state index contributed by atoms with van der Waals surface area (Å²) >= 11 is 0. The lowest BCUT2D eigenvalue weighted by Gasteiger charge is -2.38. The number of nitrogens with one attached hydrogen (secondary N) is 1. The molecular formula is C19H29N3O4. The maximum absolute atomic E-state index is 12.6. The zero-order chi connectivity index (χ0) is 19.3. The topological polar surface area (TPSA) is 93.9 Å². The maximum Gasteiger partial charge on any atom is 0.414 e. The summed E-state index contributed by atoms with van der Waals surface area (Å²) in [6.45, 7) is 8.11. The second-order valence-electron chi connectivity index (χ2n) is 7.31. The fourth-order valence-corrected chi connectivity index (χ4v) is 3.12. The molecule has 1 aromatic rings. The van der Waals surface area contributed by atoms with Crippen LogP contribution in [0.1, 0.15) is 47.0 Å². The number of nitrogen functional groups attached to an aromatic ring is 1. The molecule has 0 saturated heterocycles. The van der Waals surface area contributed by atoms with E-state index >= 15 is 0 Å². The van der Waals surface area contributed by atoms with Gasteiger partial charge in [0.2, 0.25) is 5.91 Å². The van der Waals surface area contributed by atoms with E-state index in [0.717, 1.165) is 12.8 Å². The lowest BCUT2D eigenvalue weighted by Crippen LogP contribution is -2.51. The summed E-state index contributed by atoms with van der Waals surface area (Å²) in [6, 6.07) is 5.21. The largest absolute Gasteiger partial charge is 0.486 e. The Morgan fingerprint density at radius 3 is 2.81 bits per heavy atom. The molecule has 0 fully saturated rings. The molecule has 144 valence electrons. The number of nitrogens with two attached hydrogens (primary N) is 1. The zero-order valence-electron chi connectivity index (χ0n) is 16.0. The van der Waals surface area contributed by atoms with Gasteiger partial charge < -0.3 is 20.5 Å². The number of carbonyl (C=O) groups excluding carboxylic acids is 2. The fraction of sp³-hybridized carbons (Fsp3) is 0.579. The molecule has 1 aromatic carbocycles. The second kappa shape index (κ2) is 8.29. The average Bonchev–Trinajstić information content (AvgIpc) is 2.53. The van der Waals surface area contributed by atoms with Crippen molar-refractivity contribution >= 4 is 23.4 Å². The number of amides is 2. The predicted octanol–water partition coefficient (Wildman–Crippen LogP) is 3.08. The van der Waals surface area contributed by atoms with E-state index in [9.17, 15) is 9.59 Å². The Bertz CT molecular complexity index is 660. The highest BCUT2D eigenvalue weighted by Crippen LogP contribution is 2.37. The van der Waals surface area contributed by atoms with Gasteiger partial charge in [-0.2, -0.15) is 0 Å². The molecule has 0 bridgehead atoms. The van der Waals surface area contributed by atoms with Crippen molar-refractivity contribution in [3.8, 4) is 5.75 Å². The molecule has 0 aromatic heterocycles. The first-order valence-corrected chi connectivity index (χ1v) is 9.01. The van der Waals surface area contributed by atoms with Gasteiger partial charge in [-0.3, -0.25) is 9.69 Å². The number of carbonyl (C=O) groups is 2. The SMILES string of the molecule is CCCCOC(=O)N1C[C@H](CC(C)(C)NC(C)=O)Oc2ccc(N)cc21. The molecule has 1 heterocycles. The molecular weight excluding hydrogens is 334 g/mol. The summed E-state index contributed by atoms with van der Waals surface area (Å²) in [5.41, 5.74) is 6.58. The van der Waals surface area contributed by atoms with Gasteiger partial charge in [0.1, 0.15) is 11.9 Å². The second-order valence-corrected chi connectivity index (χ2v) is 7.31. The Hall–Kier alpha value is -2.44. The summed E-state index contributed by atoms with van der Waals surface area (Å²) in [6.07, 6.45) is 1.64. The zero-order valence-corrected chi connectivity index (χ0v) is 16.0. The minimum atomic E-state index is -0.459. The summed E-state index contributed by atoms with van der Waals surface area (Å²) in [7, 11) is 0. The summed E-state index contributed by atoms with van der Waals surface area (Å²) in [5, 5.41) is 2.91. The van der Waals surface area contributed by atoms with E-state index in [1.165, 1.54) is 6.92 Å². The molecule has 0 aliphatic carbocycles. The van der Waals surface area contributed by atoms with Gasteiger partial charge in [0, 0.05) is 24.6 Å². The Morgan fingerprint density at radius 2 is 2.15 bits per heavy atom. The highest BCUT2D eigenvalue weighted by Gasteiger charge is 2.34. The third kappa shape index (κ3) is 5.28. The molecule has 0 spiro atoms.